The minimum atomic E-state index is -3.13. The van der Waals surface area contributed by atoms with E-state index in [-0.39, 0.29) is 18.1 Å². The van der Waals surface area contributed by atoms with Gasteiger partial charge in [0.1, 0.15) is 9.84 Å². The molecule has 1 aliphatic rings. The van der Waals surface area contributed by atoms with E-state index in [2.05, 4.69) is 0 Å². The maximum atomic E-state index is 12.3. The summed E-state index contributed by atoms with van der Waals surface area (Å²) in [6, 6.07) is 2.67. The number of benzene rings is 1. The molecule has 2 rings (SSSR count). The van der Waals surface area contributed by atoms with Crippen LogP contribution in [-0.4, -0.2) is 43.8 Å². The van der Waals surface area contributed by atoms with Gasteiger partial charge in [0.15, 0.2) is 0 Å². The Labute approximate surface area is 140 Å². The van der Waals surface area contributed by atoms with Gasteiger partial charge in [0, 0.05) is 29.4 Å². The van der Waals surface area contributed by atoms with E-state index >= 15 is 0 Å². The molecule has 1 atom stereocenters. The van der Waals surface area contributed by atoms with E-state index in [9.17, 15) is 13.2 Å². The Balaban J connectivity index is 2.07. The van der Waals surface area contributed by atoms with Crippen LogP contribution in [0.5, 0.6) is 0 Å². The fourth-order valence-electron chi connectivity index (χ4n) is 2.50. The Morgan fingerprint density at radius 1 is 1.41 bits per heavy atom. The second-order valence-electron chi connectivity index (χ2n) is 5.56. The van der Waals surface area contributed by atoms with E-state index < -0.39 is 15.9 Å². The highest BCUT2D eigenvalue weighted by Crippen LogP contribution is 2.30. The van der Waals surface area contributed by atoms with Crippen molar-refractivity contribution in [3.8, 4) is 0 Å². The fraction of sp³-hybridized carbons (Fsp3) is 0.500. The van der Waals surface area contributed by atoms with Gasteiger partial charge >= 0.3 is 0 Å². The largest absolute Gasteiger partial charge is 0.337 e. The molecule has 0 bridgehead atoms. The summed E-state index contributed by atoms with van der Waals surface area (Å²) in [4.78, 5) is 14.0. The SMILES string of the molecule is CS(=O)(=O)CCC(N)C(=O)N1CCc2c(Cl)cc(Cl)cc2C1. The van der Waals surface area contributed by atoms with Gasteiger partial charge in [0.25, 0.3) is 0 Å². The first-order valence-electron chi connectivity index (χ1n) is 6.86. The van der Waals surface area contributed by atoms with Gasteiger partial charge in [-0.3, -0.25) is 4.79 Å². The number of nitrogens with zero attached hydrogens (tertiary/aromatic N) is 1. The number of halogens is 2. The average Bonchev–Trinajstić information content (AvgIpc) is 2.42. The van der Waals surface area contributed by atoms with E-state index in [0.29, 0.717) is 29.6 Å². The highest BCUT2D eigenvalue weighted by Gasteiger charge is 2.26. The maximum Gasteiger partial charge on any atom is 0.239 e. The zero-order chi connectivity index (χ0) is 16.5. The van der Waals surface area contributed by atoms with Crippen LogP contribution in [0.1, 0.15) is 17.5 Å². The quantitative estimate of drug-likeness (QED) is 0.880. The van der Waals surface area contributed by atoms with Crippen LogP contribution < -0.4 is 5.73 Å². The third-order valence-electron chi connectivity index (χ3n) is 3.67. The van der Waals surface area contributed by atoms with Gasteiger partial charge in [-0.05, 0) is 36.1 Å². The summed E-state index contributed by atoms with van der Waals surface area (Å²) in [6.07, 6.45) is 1.89. The zero-order valence-corrected chi connectivity index (χ0v) is 14.5. The summed E-state index contributed by atoms with van der Waals surface area (Å²) in [5.74, 6) is -0.340. The Morgan fingerprint density at radius 3 is 2.73 bits per heavy atom. The van der Waals surface area contributed by atoms with Crippen LogP contribution in [0.15, 0.2) is 12.1 Å². The number of hydrogen-bond acceptors (Lipinski definition) is 4. The lowest BCUT2D eigenvalue weighted by atomic mass is 9.99. The summed E-state index contributed by atoms with van der Waals surface area (Å²) in [6.45, 7) is 0.904. The van der Waals surface area contributed by atoms with Crippen LogP contribution in [-0.2, 0) is 27.6 Å². The fourth-order valence-corrected chi connectivity index (χ4v) is 3.81. The van der Waals surface area contributed by atoms with Gasteiger partial charge in [-0.1, -0.05) is 23.2 Å². The molecule has 0 saturated carbocycles. The van der Waals surface area contributed by atoms with Crippen molar-refractivity contribution in [3.63, 3.8) is 0 Å². The molecule has 8 heteroatoms. The van der Waals surface area contributed by atoms with Crippen molar-refractivity contribution in [2.24, 2.45) is 5.73 Å². The van der Waals surface area contributed by atoms with Crippen molar-refractivity contribution in [1.82, 2.24) is 4.90 Å². The molecule has 2 N–H and O–H groups in total. The van der Waals surface area contributed by atoms with Gasteiger partial charge in [-0.15, -0.1) is 0 Å². The number of carbonyl (C=O) groups excluding carboxylic acids is 1. The summed E-state index contributed by atoms with van der Waals surface area (Å²) in [7, 11) is -3.13. The van der Waals surface area contributed by atoms with Crippen molar-refractivity contribution < 1.29 is 13.2 Å². The number of hydrogen-bond donors (Lipinski definition) is 1. The highest BCUT2D eigenvalue weighted by molar-refractivity contribution is 7.90. The number of fused-ring (bicyclic) bond motifs is 1. The van der Waals surface area contributed by atoms with Crippen molar-refractivity contribution in [2.75, 3.05) is 18.6 Å². The summed E-state index contributed by atoms with van der Waals surface area (Å²) in [5, 5.41) is 1.13. The summed E-state index contributed by atoms with van der Waals surface area (Å²) < 4.78 is 22.3. The van der Waals surface area contributed by atoms with Crippen LogP contribution >= 0.6 is 23.2 Å². The van der Waals surface area contributed by atoms with Crippen LogP contribution in [0.4, 0.5) is 0 Å². The molecule has 1 aliphatic heterocycles. The predicted octanol–water partition coefficient (Wildman–Crippen LogP) is 1.64. The molecule has 0 aromatic heterocycles. The van der Waals surface area contributed by atoms with Gasteiger partial charge < -0.3 is 10.6 Å². The molecule has 0 fully saturated rings. The van der Waals surface area contributed by atoms with Crippen LogP contribution in [0, 0.1) is 0 Å². The van der Waals surface area contributed by atoms with Crippen molar-refractivity contribution >= 4 is 38.9 Å². The predicted molar refractivity (Wildman–Crippen MR) is 87.9 cm³/mol. The number of sulfone groups is 1. The van der Waals surface area contributed by atoms with E-state index in [1.807, 2.05) is 0 Å². The van der Waals surface area contributed by atoms with Gasteiger partial charge in [0.05, 0.1) is 11.8 Å². The zero-order valence-electron chi connectivity index (χ0n) is 12.2. The smallest absolute Gasteiger partial charge is 0.239 e. The molecular formula is C14H18Cl2N2O3S. The van der Waals surface area contributed by atoms with Crippen molar-refractivity contribution in [2.45, 2.75) is 25.4 Å². The molecule has 22 heavy (non-hydrogen) atoms. The molecular weight excluding hydrogens is 347 g/mol. The molecule has 1 aromatic rings. The molecule has 5 nitrogen and oxygen atoms in total. The van der Waals surface area contributed by atoms with E-state index in [1.54, 1.807) is 17.0 Å². The summed E-state index contributed by atoms with van der Waals surface area (Å²) in [5.41, 5.74) is 7.74. The van der Waals surface area contributed by atoms with Gasteiger partial charge in [0.2, 0.25) is 5.91 Å². The van der Waals surface area contributed by atoms with E-state index in [4.69, 9.17) is 28.9 Å². The first-order chi connectivity index (χ1) is 10.2. The second kappa shape index (κ2) is 6.74. The molecule has 0 spiro atoms. The first-order valence-corrected chi connectivity index (χ1v) is 9.68. The molecule has 0 aliphatic carbocycles. The normalized spacial score (nSPS) is 16.3. The van der Waals surface area contributed by atoms with E-state index in [0.717, 1.165) is 17.4 Å². The molecule has 0 saturated heterocycles. The maximum absolute atomic E-state index is 12.3. The Kier molecular flexibility index (Phi) is 5.37. The molecule has 1 amide bonds. The summed E-state index contributed by atoms with van der Waals surface area (Å²) >= 11 is 12.2. The van der Waals surface area contributed by atoms with Gasteiger partial charge in [-0.2, -0.15) is 0 Å². The van der Waals surface area contributed by atoms with Crippen molar-refractivity contribution in [3.05, 3.63) is 33.3 Å². The molecule has 1 aromatic carbocycles. The molecule has 0 radical (unpaired) electrons. The number of nitrogens with two attached hydrogens (primary N) is 1. The third-order valence-corrected chi connectivity index (χ3v) is 5.21. The lowest BCUT2D eigenvalue weighted by Crippen LogP contribution is -2.46. The molecule has 1 unspecified atom stereocenters. The van der Waals surface area contributed by atoms with Gasteiger partial charge in [-0.25, -0.2) is 8.42 Å². The Morgan fingerprint density at radius 2 is 2.09 bits per heavy atom. The van der Waals surface area contributed by atoms with Crippen LogP contribution in [0.3, 0.4) is 0 Å². The number of carbonyl (C=O) groups is 1. The Bertz CT molecular complexity index is 692. The minimum Gasteiger partial charge on any atom is -0.337 e. The lowest BCUT2D eigenvalue weighted by Gasteiger charge is -2.31. The second-order valence-corrected chi connectivity index (χ2v) is 8.66. The van der Waals surface area contributed by atoms with Crippen LogP contribution in [0.25, 0.3) is 0 Å². The standard InChI is InChI=1S/C14H18Cl2N2O3S/c1-22(20,21)5-3-13(17)14(19)18-4-2-11-9(8-18)6-10(15)7-12(11)16/h6-7,13H,2-5,8,17H2,1H3. The minimum absolute atomic E-state index is 0.0952. The molecule has 1 heterocycles. The van der Waals surface area contributed by atoms with Crippen molar-refractivity contribution in [1.29, 1.82) is 0 Å². The Hall–Kier alpha value is -0.820. The van der Waals surface area contributed by atoms with E-state index in [1.165, 1.54) is 0 Å². The van der Waals surface area contributed by atoms with Crippen LogP contribution in [0.2, 0.25) is 10.0 Å². The highest BCUT2D eigenvalue weighted by atomic mass is 35.5. The number of amides is 1. The number of rotatable bonds is 4. The monoisotopic (exact) mass is 364 g/mol. The topological polar surface area (TPSA) is 80.5 Å². The average molecular weight is 365 g/mol. The first kappa shape index (κ1) is 17.5. The molecule has 122 valence electrons. The third kappa shape index (κ3) is 4.35. The lowest BCUT2D eigenvalue weighted by molar-refractivity contribution is -0.133.